The third-order valence-corrected chi connectivity index (χ3v) is 4.36. The number of nitrogens with two attached hydrogens (primary N) is 1. The van der Waals surface area contributed by atoms with Gasteiger partial charge in [0.2, 0.25) is 10.0 Å². The number of rotatable bonds is 7. The Hall–Kier alpha value is -2.12. The summed E-state index contributed by atoms with van der Waals surface area (Å²) in [6, 6.07) is 10.7. The lowest BCUT2D eigenvalue weighted by molar-refractivity contribution is 0.208. The molecule has 23 heavy (non-hydrogen) atoms. The first kappa shape index (κ1) is 17.2. The second kappa shape index (κ2) is 7.43. The number of aryl methyl sites for hydroxylation is 1. The van der Waals surface area contributed by atoms with E-state index >= 15 is 0 Å². The maximum Gasteiger partial charge on any atom is 0.241 e. The highest BCUT2D eigenvalue weighted by Gasteiger charge is 2.16. The van der Waals surface area contributed by atoms with E-state index in [1.54, 1.807) is 0 Å². The van der Waals surface area contributed by atoms with Gasteiger partial charge in [-0.15, -0.1) is 0 Å². The van der Waals surface area contributed by atoms with Gasteiger partial charge in [0, 0.05) is 6.20 Å². The van der Waals surface area contributed by atoms with E-state index in [1.165, 1.54) is 18.3 Å². The Morgan fingerprint density at radius 1 is 1.26 bits per heavy atom. The van der Waals surface area contributed by atoms with Crippen molar-refractivity contribution in [2.24, 2.45) is 5.14 Å². The Balaban J connectivity index is 2.09. The summed E-state index contributed by atoms with van der Waals surface area (Å²) in [5.74, 6) is 1.05. The first-order chi connectivity index (χ1) is 10.9. The Morgan fingerprint density at radius 2 is 2.00 bits per heavy atom. The molecule has 0 saturated carbocycles. The van der Waals surface area contributed by atoms with Gasteiger partial charge >= 0.3 is 0 Å². The molecule has 1 atom stereocenters. The quantitative estimate of drug-likeness (QED) is 0.810. The maximum absolute atomic E-state index is 11.6. The number of nitrogens with one attached hydrogen (secondary N) is 1. The molecule has 2 rings (SSSR count). The number of nitrogens with zero attached hydrogens (tertiary/aromatic N) is 1. The molecule has 1 aromatic carbocycles. The third-order valence-electron chi connectivity index (χ3n) is 3.42. The minimum absolute atomic E-state index is 0.0225. The molecule has 6 nitrogen and oxygen atoms in total. The van der Waals surface area contributed by atoms with E-state index in [2.05, 4.69) is 10.3 Å². The highest BCUT2D eigenvalue weighted by atomic mass is 32.2. The van der Waals surface area contributed by atoms with Crippen LogP contribution >= 0.6 is 0 Å². The standard InChI is InChI=1S/C16H21N3O3S/c1-3-13(22-14-8-5-4-7-12(14)2)11-19-16-15(23(17,20)21)9-6-10-18-16/h4-10,13H,3,11H2,1-2H3,(H,18,19)(H2,17,20,21). The number of aromatic nitrogens is 1. The van der Waals surface area contributed by atoms with Gasteiger partial charge in [-0.3, -0.25) is 0 Å². The fourth-order valence-electron chi connectivity index (χ4n) is 2.10. The number of hydrogen-bond donors (Lipinski definition) is 2. The molecule has 1 aromatic heterocycles. The van der Waals surface area contributed by atoms with Crippen molar-refractivity contribution < 1.29 is 13.2 Å². The van der Waals surface area contributed by atoms with Crippen molar-refractivity contribution in [2.45, 2.75) is 31.3 Å². The number of benzene rings is 1. The Bertz CT molecular complexity index is 763. The van der Waals surface area contributed by atoms with Crippen LogP contribution in [0.3, 0.4) is 0 Å². The minimum atomic E-state index is -3.82. The summed E-state index contributed by atoms with van der Waals surface area (Å²) in [5, 5.41) is 8.22. The number of sulfonamides is 1. The van der Waals surface area contributed by atoms with Crippen LogP contribution in [0.1, 0.15) is 18.9 Å². The summed E-state index contributed by atoms with van der Waals surface area (Å²) in [6.45, 7) is 4.40. The van der Waals surface area contributed by atoms with Crippen LogP contribution in [-0.2, 0) is 10.0 Å². The molecule has 0 aliphatic heterocycles. The van der Waals surface area contributed by atoms with Crippen LogP contribution in [0.5, 0.6) is 5.75 Å². The molecule has 0 bridgehead atoms. The highest BCUT2D eigenvalue weighted by molar-refractivity contribution is 7.89. The molecule has 1 heterocycles. The molecule has 0 aliphatic carbocycles. The van der Waals surface area contributed by atoms with E-state index in [0.717, 1.165) is 17.7 Å². The molecule has 2 aromatic rings. The van der Waals surface area contributed by atoms with E-state index < -0.39 is 10.0 Å². The minimum Gasteiger partial charge on any atom is -0.488 e. The van der Waals surface area contributed by atoms with Crippen LogP contribution < -0.4 is 15.2 Å². The molecular formula is C16H21N3O3S. The van der Waals surface area contributed by atoms with Gasteiger partial charge in [-0.1, -0.05) is 25.1 Å². The number of anilines is 1. The van der Waals surface area contributed by atoms with E-state index in [1.807, 2.05) is 38.1 Å². The zero-order valence-corrected chi connectivity index (χ0v) is 14.0. The Morgan fingerprint density at radius 3 is 2.65 bits per heavy atom. The summed E-state index contributed by atoms with van der Waals surface area (Å²) >= 11 is 0. The van der Waals surface area contributed by atoms with Crippen molar-refractivity contribution in [2.75, 3.05) is 11.9 Å². The maximum atomic E-state index is 11.6. The molecule has 0 saturated heterocycles. The number of hydrogen-bond acceptors (Lipinski definition) is 5. The van der Waals surface area contributed by atoms with E-state index in [9.17, 15) is 8.42 Å². The lowest BCUT2D eigenvalue weighted by Gasteiger charge is -2.20. The first-order valence-corrected chi connectivity index (χ1v) is 8.90. The SMILES string of the molecule is CCC(CNc1ncccc1S(N)(=O)=O)Oc1ccccc1C. The molecule has 7 heteroatoms. The lowest BCUT2D eigenvalue weighted by atomic mass is 10.2. The fourth-order valence-corrected chi connectivity index (χ4v) is 2.76. The van der Waals surface area contributed by atoms with Gasteiger partial charge in [0.1, 0.15) is 22.6 Å². The number of ether oxygens (including phenoxy) is 1. The predicted octanol–water partition coefficient (Wildman–Crippen LogP) is 2.31. The van der Waals surface area contributed by atoms with Crippen molar-refractivity contribution in [3.63, 3.8) is 0 Å². The van der Waals surface area contributed by atoms with Gasteiger partial charge in [0.05, 0.1) is 6.54 Å². The summed E-state index contributed by atoms with van der Waals surface area (Å²) in [5.41, 5.74) is 1.05. The second-order valence-corrected chi connectivity index (χ2v) is 6.72. The summed E-state index contributed by atoms with van der Waals surface area (Å²) in [6.07, 6.45) is 2.16. The van der Waals surface area contributed by atoms with Crippen LogP contribution in [-0.4, -0.2) is 26.1 Å². The average molecular weight is 335 g/mol. The van der Waals surface area contributed by atoms with Gasteiger partial charge in [-0.05, 0) is 37.1 Å². The second-order valence-electron chi connectivity index (χ2n) is 5.19. The average Bonchev–Trinajstić information content (AvgIpc) is 2.52. The topological polar surface area (TPSA) is 94.3 Å². The number of primary sulfonamides is 1. The fraction of sp³-hybridized carbons (Fsp3) is 0.312. The molecule has 0 spiro atoms. The van der Waals surface area contributed by atoms with Crippen molar-refractivity contribution in [1.29, 1.82) is 0 Å². The van der Waals surface area contributed by atoms with Crippen LogP contribution in [0.4, 0.5) is 5.82 Å². The molecular weight excluding hydrogens is 314 g/mol. The third kappa shape index (κ3) is 4.67. The van der Waals surface area contributed by atoms with Gasteiger partial charge in [0.25, 0.3) is 0 Å². The molecule has 1 unspecified atom stereocenters. The van der Waals surface area contributed by atoms with Crippen LogP contribution in [0, 0.1) is 6.92 Å². The summed E-state index contributed by atoms with van der Waals surface area (Å²) < 4.78 is 29.1. The normalized spacial score (nSPS) is 12.7. The Labute approximate surface area is 136 Å². The zero-order valence-electron chi connectivity index (χ0n) is 13.2. The largest absolute Gasteiger partial charge is 0.488 e. The molecule has 0 radical (unpaired) electrons. The van der Waals surface area contributed by atoms with Crippen molar-refractivity contribution in [3.8, 4) is 5.75 Å². The molecule has 0 amide bonds. The van der Waals surface area contributed by atoms with Crippen LogP contribution in [0.25, 0.3) is 0 Å². The number of para-hydroxylation sites is 1. The monoisotopic (exact) mass is 335 g/mol. The van der Waals surface area contributed by atoms with E-state index in [4.69, 9.17) is 9.88 Å². The molecule has 124 valence electrons. The van der Waals surface area contributed by atoms with E-state index in [-0.39, 0.29) is 16.8 Å². The van der Waals surface area contributed by atoms with Crippen molar-refractivity contribution >= 4 is 15.8 Å². The highest BCUT2D eigenvalue weighted by Crippen LogP contribution is 2.20. The zero-order chi connectivity index (χ0) is 16.9. The van der Waals surface area contributed by atoms with Gasteiger partial charge < -0.3 is 10.1 Å². The van der Waals surface area contributed by atoms with Crippen molar-refractivity contribution in [3.05, 3.63) is 48.2 Å². The van der Waals surface area contributed by atoms with Gasteiger partial charge in [-0.25, -0.2) is 18.5 Å². The molecule has 0 fully saturated rings. The Kier molecular flexibility index (Phi) is 5.57. The smallest absolute Gasteiger partial charge is 0.241 e. The molecule has 0 aliphatic rings. The molecule has 3 N–H and O–H groups in total. The summed E-state index contributed by atoms with van der Waals surface area (Å²) in [7, 11) is -3.82. The van der Waals surface area contributed by atoms with Crippen LogP contribution in [0.15, 0.2) is 47.5 Å². The van der Waals surface area contributed by atoms with Crippen LogP contribution in [0.2, 0.25) is 0 Å². The van der Waals surface area contributed by atoms with E-state index in [0.29, 0.717) is 6.54 Å². The van der Waals surface area contributed by atoms with Crippen molar-refractivity contribution in [1.82, 2.24) is 4.98 Å². The summed E-state index contributed by atoms with van der Waals surface area (Å²) in [4.78, 5) is 4.03. The predicted molar refractivity (Wildman–Crippen MR) is 90.0 cm³/mol. The first-order valence-electron chi connectivity index (χ1n) is 7.35. The van der Waals surface area contributed by atoms with Gasteiger partial charge in [-0.2, -0.15) is 0 Å². The van der Waals surface area contributed by atoms with Gasteiger partial charge in [0.15, 0.2) is 0 Å². The number of pyridine rings is 1. The lowest BCUT2D eigenvalue weighted by Crippen LogP contribution is -2.27.